The summed E-state index contributed by atoms with van der Waals surface area (Å²) in [6.45, 7) is 1.33. The second kappa shape index (κ2) is 4.75. The molecule has 0 saturated heterocycles. The molecule has 0 aromatic heterocycles. The van der Waals surface area contributed by atoms with Gasteiger partial charge in [0.2, 0.25) is 5.79 Å². The maximum Gasteiger partial charge on any atom is 0.308 e. The predicted molar refractivity (Wildman–Crippen MR) is 61.8 cm³/mol. The lowest BCUT2D eigenvalue weighted by molar-refractivity contribution is -0.137. The van der Waals surface area contributed by atoms with Gasteiger partial charge < -0.3 is 14.6 Å². The summed E-state index contributed by atoms with van der Waals surface area (Å²) in [7, 11) is 0. The van der Waals surface area contributed by atoms with Crippen LogP contribution in [0.15, 0.2) is 24.3 Å². The van der Waals surface area contributed by atoms with Gasteiger partial charge in [-0.1, -0.05) is 12.1 Å². The van der Waals surface area contributed by atoms with Crippen molar-refractivity contribution in [1.82, 2.24) is 0 Å². The Bertz CT molecular complexity index is 408. The van der Waals surface area contributed by atoms with Crippen LogP contribution in [-0.4, -0.2) is 16.9 Å². The van der Waals surface area contributed by atoms with E-state index in [1.165, 1.54) is 6.92 Å². The van der Waals surface area contributed by atoms with Crippen molar-refractivity contribution in [3.8, 4) is 11.5 Å². The Hall–Kier alpha value is -1.55. The van der Waals surface area contributed by atoms with Crippen molar-refractivity contribution in [3.63, 3.8) is 0 Å². The van der Waals surface area contributed by atoms with E-state index in [0.717, 1.165) is 12.8 Å². The Morgan fingerprint density at radius 2 is 1.82 bits per heavy atom. The molecule has 1 aliphatic rings. The lowest BCUT2D eigenvalue weighted by Crippen LogP contribution is -2.32. The van der Waals surface area contributed by atoms with Gasteiger partial charge in [-0.05, 0) is 25.0 Å². The number of rotatable bonds is 3. The molecule has 2 rings (SSSR count). The summed E-state index contributed by atoms with van der Waals surface area (Å²) in [5.74, 6) is -0.761. The van der Waals surface area contributed by atoms with Gasteiger partial charge in [0.1, 0.15) is 0 Å². The molecule has 92 valence electrons. The molecule has 0 heterocycles. The van der Waals surface area contributed by atoms with Crippen LogP contribution in [-0.2, 0) is 4.79 Å². The van der Waals surface area contributed by atoms with E-state index >= 15 is 0 Å². The van der Waals surface area contributed by atoms with Crippen LogP contribution in [0.2, 0.25) is 0 Å². The van der Waals surface area contributed by atoms with Crippen LogP contribution in [0.25, 0.3) is 0 Å². The largest absolute Gasteiger partial charge is 0.459 e. The number of aliphatic hydroxyl groups is 1. The van der Waals surface area contributed by atoms with Gasteiger partial charge in [0.05, 0.1) is 0 Å². The van der Waals surface area contributed by atoms with Gasteiger partial charge in [-0.15, -0.1) is 0 Å². The summed E-state index contributed by atoms with van der Waals surface area (Å²) in [6, 6.07) is 6.87. The third-order valence-electron chi connectivity index (χ3n) is 2.79. The van der Waals surface area contributed by atoms with Gasteiger partial charge >= 0.3 is 5.97 Å². The van der Waals surface area contributed by atoms with Crippen molar-refractivity contribution < 1.29 is 19.4 Å². The zero-order valence-electron chi connectivity index (χ0n) is 9.81. The Balaban J connectivity index is 2.17. The predicted octanol–water partition coefficient (Wildman–Crippen LogP) is 2.25. The molecule has 0 atom stereocenters. The number of hydrogen-bond donors (Lipinski definition) is 1. The minimum absolute atomic E-state index is 0.348. The molecule has 1 saturated carbocycles. The quantitative estimate of drug-likeness (QED) is 0.497. The SMILES string of the molecule is CC(=O)Oc1ccccc1OC1(O)CCCC1. The molecular formula is C13H16O4. The van der Waals surface area contributed by atoms with Crippen LogP contribution in [0.3, 0.4) is 0 Å². The van der Waals surface area contributed by atoms with Crippen LogP contribution in [0, 0.1) is 0 Å². The maximum atomic E-state index is 10.9. The van der Waals surface area contributed by atoms with E-state index in [2.05, 4.69) is 0 Å². The van der Waals surface area contributed by atoms with E-state index in [9.17, 15) is 9.90 Å². The molecule has 0 unspecified atom stereocenters. The lowest BCUT2D eigenvalue weighted by atomic mass is 10.2. The summed E-state index contributed by atoms with van der Waals surface area (Å²) in [5, 5.41) is 10.1. The molecule has 1 aromatic rings. The Labute approximate surface area is 100 Å². The molecule has 0 amide bonds. The van der Waals surface area contributed by atoms with E-state index in [4.69, 9.17) is 9.47 Å². The summed E-state index contributed by atoms with van der Waals surface area (Å²) < 4.78 is 10.6. The van der Waals surface area contributed by atoms with E-state index in [1.807, 2.05) is 0 Å². The second-order valence-electron chi connectivity index (χ2n) is 4.30. The molecule has 4 nitrogen and oxygen atoms in total. The molecule has 0 bridgehead atoms. The minimum Gasteiger partial charge on any atom is -0.459 e. The molecule has 4 heteroatoms. The zero-order chi connectivity index (χ0) is 12.3. The van der Waals surface area contributed by atoms with Crippen molar-refractivity contribution in [1.29, 1.82) is 0 Å². The number of ether oxygens (including phenoxy) is 2. The normalized spacial score (nSPS) is 17.8. The minimum atomic E-state index is -1.11. The third-order valence-corrected chi connectivity index (χ3v) is 2.79. The first kappa shape index (κ1) is 11.9. The summed E-state index contributed by atoms with van der Waals surface area (Å²) in [4.78, 5) is 10.9. The first-order valence-corrected chi connectivity index (χ1v) is 5.78. The molecule has 0 spiro atoms. The Morgan fingerprint density at radius 1 is 1.24 bits per heavy atom. The van der Waals surface area contributed by atoms with Gasteiger partial charge in [-0.25, -0.2) is 0 Å². The highest BCUT2D eigenvalue weighted by molar-refractivity contribution is 5.70. The molecular weight excluding hydrogens is 220 g/mol. The Morgan fingerprint density at radius 3 is 2.41 bits per heavy atom. The van der Waals surface area contributed by atoms with Crippen molar-refractivity contribution >= 4 is 5.97 Å². The zero-order valence-corrected chi connectivity index (χ0v) is 9.81. The highest BCUT2D eigenvalue weighted by Crippen LogP contribution is 2.36. The van der Waals surface area contributed by atoms with Gasteiger partial charge in [-0.3, -0.25) is 4.79 Å². The van der Waals surface area contributed by atoms with Crippen molar-refractivity contribution in [3.05, 3.63) is 24.3 Å². The highest BCUT2D eigenvalue weighted by Gasteiger charge is 2.34. The Kier molecular flexibility index (Phi) is 3.33. The molecule has 1 aromatic carbocycles. The molecule has 1 N–H and O–H groups in total. The fourth-order valence-corrected chi connectivity index (χ4v) is 2.01. The average Bonchev–Trinajstić information content (AvgIpc) is 2.67. The van der Waals surface area contributed by atoms with Gasteiger partial charge in [0.15, 0.2) is 11.5 Å². The number of carbonyl (C=O) groups excluding carboxylic acids is 1. The van der Waals surface area contributed by atoms with Crippen LogP contribution in [0.1, 0.15) is 32.6 Å². The smallest absolute Gasteiger partial charge is 0.308 e. The van der Waals surface area contributed by atoms with Gasteiger partial charge in [-0.2, -0.15) is 0 Å². The molecule has 0 radical (unpaired) electrons. The van der Waals surface area contributed by atoms with Gasteiger partial charge in [0, 0.05) is 19.8 Å². The van der Waals surface area contributed by atoms with Crippen molar-refractivity contribution in [2.75, 3.05) is 0 Å². The summed E-state index contributed by atoms with van der Waals surface area (Å²) >= 11 is 0. The molecule has 1 aliphatic carbocycles. The van der Waals surface area contributed by atoms with Crippen LogP contribution in [0.5, 0.6) is 11.5 Å². The standard InChI is InChI=1S/C13H16O4/c1-10(14)16-11-6-2-3-7-12(11)17-13(15)8-4-5-9-13/h2-3,6-7,15H,4-5,8-9H2,1H3. The first-order valence-electron chi connectivity index (χ1n) is 5.78. The average molecular weight is 236 g/mol. The molecule has 0 aliphatic heterocycles. The molecule has 17 heavy (non-hydrogen) atoms. The fourth-order valence-electron chi connectivity index (χ4n) is 2.01. The van der Waals surface area contributed by atoms with Crippen LogP contribution < -0.4 is 9.47 Å². The monoisotopic (exact) mass is 236 g/mol. The van der Waals surface area contributed by atoms with Crippen LogP contribution >= 0.6 is 0 Å². The van der Waals surface area contributed by atoms with Crippen molar-refractivity contribution in [2.24, 2.45) is 0 Å². The second-order valence-corrected chi connectivity index (χ2v) is 4.30. The number of hydrogen-bond acceptors (Lipinski definition) is 4. The van der Waals surface area contributed by atoms with E-state index < -0.39 is 11.8 Å². The van der Waals surface area contributed by atoms with Gasteiger partial charge in [0.25, 0.3) is 0 Å². The maximum absolute atomic E-state index is 10.9. The van der Waals surface area contributed by atoms with Crippen molar-refractivity contribution in [2.45, 2.75) is 38.4 Å². The topological polar surface area (TPSA) is 55.8 Å². The highest BCUT2D eigenvalue weighted by atomic mass is 16.6. The number of carbonyl (C=O) groups is 1. The van der Waals surface area contributed by atoms with E-state index in [0.29, 0.717) is 24.3 Å². The molecule has 1 fully saturated rings. The number of benzene rings is 1. The van der Waals surface area contributed by atoms with Crippen LogP contribution in [0.4, 0.5) is 0 Å². The lowest BCUT2D eigenvalue weighted by Gasteiger charge is -2.24. The van der Waals surface area contributed by atoms with E-state index in [1.54, 1.807) is 24.3 Å². The number of esters is 1. The fraction of sp³-hybridized carbons (Fsp3) is 0.462. The van der Waals surface area contributed by atoms with E-state index in [-0.39, 0.29) is 0 Å². The summed E-state index contributed by atoms with van der Waals surface area (Å²) in [6.07, 6.45) is 3.13. The third kappa shape index (κ3) is 2.97. The first-order chi connectivity index (χ1) is 8.09. The summed E-state index contributed by atoms with van der Waals surface area (Å²) in [5.41, 5.74) is 0. The number of para-hydroxylation sites is 2.